The van der Waals surface area contributed by atoms with E-state index in [1.807, 2.05) is 6.92 Å². The molecule has 154 valence electrons. The molecule has 2 fully saturated rings. The lowest BCUT2D eigenvalue weighted by molar-refractivity contribution is -0.128. The van der Waals surface area contributed by atoms with Gasteiger partial charge in [-0.1, -0.05) is 13.0 Å². The molecule has 2 saturated carbocycles. The molecule has 4 atom stereocenters. The third-order valence-corrected chi connectivity index (χ3v) is 8.83. The van der Waals surface area contributed by atoms with Gasteiger partial charge in [0, 0.05) is 16.6 Å². The lowest BCUT2D eigenvalue weighted by Crippen LogP contribution is -2.52. The number of ketones is 1. The average Bonchev–Trinajstić information content (AvgIpc) is 2.89. The maximum absolute atomic E-state index is 12.6. The number of halogens is 3. The second-order valence-corrected chi connectivity index (χ2v) is 10.7. The van der Waals surface area contributed by atoms with Crippen LogP contribution in [0.4, 0.5) is 13.2 Å². The fourth-order valence-corrected chi connectivity index (χ4v) is 6.84. The fraction of sp³-hybridized carbons (Fsp3) is 0.632. The van der Waals surface area contributed by atoms with Gasteiger partial charge in [0.2, 0.25) is 0 Å². The van der Waals surface area contributed by atoms with Crippen molar-refractivity contribution in [3.63, 3.8) is 0 Å². The summed E-state index contributed by atoms with van der Waals surface area (Å²) >= 11 is 5.07. The number of benzene rings is 1. The van der Waals surface area contributed by atoms with Crippen LogP contribution in [0.5, 0.6) is 5.75 Å². The Kier molecular flexibility index (Phi) is 4.40. The molecule has 3 aliphatic carbocycles. The van der Waals surface area contributed by atoms with Crippen LogP contribution in [0.3, 0.4) is 0 Å². The molecule has 0 radical (unpaired) electrons. The third-order valence-electron chi connectivity index (χ3n) is 7.00. The molecular formula is C19H21F3O4S2. The molecule has 3 aliphatic rings. The molecular weight excluding hydrogens is 413 g/mol. The molecule has 4 nitrogen and oxygen atoms in total. The van der Waals surface area contributed by atoms with Crippen molar-refractivity contribution in [3.8, 4) is 5.75 Å². The van der Waals surface area contributed by atoms with Gasteiger partial charge in [0.05, 0.1) is 0 Å². The van der Waals surface area contributed by atoms with Crippen LogP contribution >= 0.6 is 12.6 Å². The largest absolute Gasteiger partial charge is 0.534 e. The second kappa shape index (κ2) is 6.14. The van der Waals surface area contributed by atoms with Gasteiger partial charge in [-0.15, -0.1) is 0 Å². The molecule has 0 saturated heterocycles. The molecule has 0 aromatic heterocycles. The molecule has 9 heteroatoms. The van der Waals surface area contributed by atoms with Crippen molar-refractivity contribution in [1.29, 1.82) is 0 Å². The van der Waals surface area contributed by atoms with Crippen molar-refractivity contribution in [3.05, 3.63) is 29.3 Å². The molecule has 3 unspecified atom stereocenters. The number of aryl methyl sites for hydroxylation is 1. The zero-order valence-electron chi connectivity index (χ0n) is 15.3. The minimum absolute atomic E-state index is 0.0804. The minimum Gasteiger partial charge on any atom is -0.376 e. The Morgan fingerprint density at radius 1 is 1.18 bits per heavy atom. The Morgan fingerprint density at radius 3 is 2.57 bits per heavy atom. The number of thiol groups is 1. The minimum atomic E-state index is -5.69. The molecule has 1 aromatic carbocycles. The van der Waals surface area contributed by atoms with Gasteiger partial charge in [0.25, 0.3) is 0 Å². The van der Waals surface area contributed by atoms with E-state index in [1.54, 1.807) is 6.07 Å². The number of hydrogen-bond donors (Lipinski definition) is 1. The summed E-state index contributed by atoms with van der Waals surface area (Å²) in [4.78, 5) is 12.5. The Balaban J connectivity index is 1.66. The molecule has 0 amide bonds. The van der Waals surface area contributed by atoms with Crippen molar-refractivity contribution in [2.45, 2.75) is 61.6 Å². The number of Topliss-reactive ketones (excluding diaryl/α,β-unsaturated/α-hetero) is 1. The highest BCUT2D eigenvalue weighted by molar-refractivity contribution is 7.88. The predicted molar refractivity (Wildman–Crippen MR) is 99.9 cm³/mol. The van der Waals surface area contributed by atoms with Crippen LogP contribution in [-0.4, -0.2) is 24.5 Å². The lowest BCUT2D eigenvalue weighted by atomic mass is 9.55. The van der Waals surface area contributed by atoms with Gasteiger partial charge >= 0.3 is 15.6 Å². The highest BCUT2D eigenvalue weighted by Crippen LogP contribution is 2.64. The van der Waals surface area contributed by atoms with Crippen LogP contribution in [-0.2, 0) is 21.3 Å². The number of rotatable bonds is 2. The van der Waals surface area contributed by atoms with Gasteiger partial charge in [0.15, 0.2) is 0 Å². The summed E-state index contributed by atoms with van der Waals surface area (Å²) in [6.07, 6.45) is 4.18. The van der Waals surface area contributed by atoms with Crippen molar-refractivity contribution >= 4 is 28.5 Å². The molecule has 0 bridgehead atoms. The Bertz CT molecular complexity index is 943. The number of hydrogen-bond acceptors (Lipinski definition) is 5. The van der Waals surface area contributed by atoms with Gasteiger partial charge in [-0.05, 0) is 67.2 Å². The topological polar surface area (TPSA) is 60.4 Å². The molecule has 1 aromatic rings. The van der Waals surface area contributed by atoms with E-state index in [0.717, 1.165) is 30.4 Å². The van der Waals surface area contributed by atoms with Crippen molar-refractivity contribution in [2.75, 3.05) is 0 Å². The molecule has 0 aliphatic heterocycles. The maximum atomic E-state index is 12.6. The standard InChI is InChI=1S/C19H21F3O4S2/c1-17-8-7-14-13-3-2-12(26-28(24,25)19(20,21)22)10-11(13)6-9-18(14,27)15(17)4-5-16(17)23/h2-3,10,14-15,27H,4-9H2,1H3/t14?,15?,17?,18-/m0/s1. The predicted octanol–water partition coefficient (Wildman–Crippen LogP) is 4.39. The molecule has 28 heavy (non-hydrogen) atoms. The van der Waals surface area contributed by atoms with Gasteiger partial charge < -0.3 is 4.18 Å². The molecule has 0 N–H and O–H groups in total. The maximum Gasteiger partial charge on any atom is 0.534 e. The van der Waals surface area contributed by atoms with E-state index in [9.17, 15) is 26.4 Å². The van der Waals surface area contributed by atoms with E-state index < -0.39 is 15.6 Å². The van der Waals surface area contributed by atoms with Crippen molar-refractivity contribution < 1.29 is 30.6 Å². The van der Waals surface area contributed by atoms with Crippen LogP contribution < -0.4 is 4.18 Å². The first kappa shape index (κ1) is 20.1. The summed E-state index contributed by atoms with van der Waals surface area (Å²) in [5.41, 5.74) is -4.05. The molecule has 0 spiro atoms. The van der Waals surface area contributed by atoms with Crippen LogP contribution in [0.25, 0.3) is 0 Å². The van der Waals surface area contributed by atoms with E-state index in [1.165, 1.54) is 12.1 Å². The fourth-order valence-electron chi connectivity index (χ4n) is 5.60. The van der Waals surface area contributed by atoms with Crippen LogP contribution in [0.2, 0.25) is 0 Å². The number of alkyl halides is 3. The lowest BCUT2D eigenvalue weighted by Gasteiger charge is -2.54. The number of carbonyl (C=O) groups is 1. The van der Waals surface area contributed by atoms with Gasteiger partial charge in [-0.2, -0.15) is 34.2 Å². The van der Waals surface area contributed by atoms with E-state index in [0.29, 0.717) is 25.0 Å². The SMILES string of the molecule is CC12CCC3c4ccc(OS(=O)(=O)C(F)(F)F)cc4CC[C@@]3(S)C1CCC2=O. The number of fused-ring (bicyclic) bond motifs is 5. The summed E-state index contributed by atoms with van der Waals surface area (Å²) in [7, 11) is -5.69. The van der Waals surface area contributed by atoms with E-state index in [4.69, 9.17) is 12.6 Å². The van der Waals surface area contributed by atoms with Gasteiger partial charge in [0.1, 0.15) is 11.5 Å². The average molecular weight is 435 g/mol. The summed E-state index contributed by atoms with van der Waals surface area (Å²) in [5, 5.41) is 0. The Hall–Kier alpha value is -1.22. The Labute approximate surface area is 167 Å². The zero-order valence-corrected chi connectivity index (χ0v) is 17.0. The summed E-state index contributed by atoms with van der Waals surface area (Å²) in [5.74, 6) is 0.219. The summed E-state index contributed by atoms with van der Waals surface area (Å²) in [6.45, 7) is 2.04. The smallest absolute Gasteiger partial charge is 0.376 e. The number of carbonyl (C=O) groups excluding carboxylic acids is 1. The first-order chi connectivity index (χ1) is 12.9. The summed E-state index contributed by atoms with van der Waals surface area (Å²) in [6, 6.07) is 4.32. The van der Waals surface area contributed by atoms with Crippen LogP contribution in [0.15, 0.2) is 18.2 Å². The van der Waals surface area contributed by atoms with E-state index in [2.05, 4.69) is 4.18 Å². The van der Waals surface area contributed by atoms with Crippen LogP contribution in [0.1, 0.15) is 56.1 Å². The second-order valence-electron chi connectivity index (χ2n) is 8.36. The first-order valence-corrected chi connectivity index (χ1v) is 11.1. The first-order valence-electron chi connectivity index (χ1n) is 9.28. The highest BCUT2D eigenvalue weighted by Gasteiger charge is 2.60. The van der Waals surface area contributed by atoms with Gasteiger partial charge in [-0.25, -0.2) is 0 Å². The van der Waals surface area contributed by atoms with E-state index in [-0.39, 0.29) is 27.7 Å². The zero-order chi connectivity index (χ0) is 20.5. The summed E-state index contributed by atoms with van der Waals surface area (Å²) < 4.78 is 64.2. The van der Waals surface area contributed by atoms with Gasteiger partial charge in [-0.3, -0.25) is 4.79 Å². The molecule has 0 heterocycles. The van der Waals surface area contributed by atoms with Crippen LogP contribution in [0, 0.1) is 11.3 Å². The van der Waals surface area contributed by atoms with E-state index >= 15 is 0 Å². The molecule has 4 rings (SSSR count). The monoisotopic (exact) mass is 434 g/mol. The van der Waals surface area contributed by atoms with Crippen molar-refractivity contribution in [1.82, 2.24) is 0 Å². The normalized spacial score (nSPS) is 35.1. The Morgan fingerprint density at radius 2 is 1.89 bits per heavy atom. The van der Waals surface area contributed by atoms with Crippen molar-refractivity contribution in [2.24, 2.45) is 11.3 Å². The highest BCUT2D eigenvalue weighted by atomic mass is 32.2. The quantitative estimate of drug-likeness (QED) is 0.426. The third kappa shape index (κ3) is 2.80.